The minimum atomic E-state index is 0.441. The number of hydrogen-bond acceptors (Lipinski definition) is 5. The second kappa shape index (κ2) is 12.4. The van der Waals surface area contributed by atoms with Gasteiger partial charge in [0.15, 0.2) is 0 Å². The van der Waals surface area contributed by atoms with Crippen LogP contribution < -0.4 is 0 Å². The molecule has 0 atom stereocenters. The van der Waals surface area contributed by atoms with Gasteiger partial charge >= 0.3 is 0 Å². The lowest BCUT2D eigenvalue weighted by Crippen LogP contribution is -2.36. The zero-order chi connectivity index (χ0) is 21.3. The summed E-state index contributed by atoms with van der Waals surface area (Å²) in [6, 6.07) is 2.72. The molecule has 0 bridgehead atoms. The lowest BCUT2D eigenvalue weighted by Gasteiger charge is -2.33. The molecule has 1 heterocycles. The van der Waals surface area contributed by atoms with Gasteiger partial charge in [-0.1, -0.05) is 26.2 Å². The summed E-state index contributed by atoms with van der Waals surface area (Å²) in [6.45, 7) is 4.96. The van der Waals surface area contributed by atoms with E-state index in [9.17, 15) is 0 Å². The van der Waals surface area contributed by atoms with Crippen molar-refractivity contribution < 1.29 is 0 Å². The normalized spacial score (nSPS) is 38.4. The number of nitrogens with zero attached hydrogens (tertiary/aromatic N) is 5. The maximum atomic E-state index is 4.79. The van der Waals surface area contributed by atoms with Gasteiger partial charge in [-0.3, -0.25) is 0 Å². The van der Waals surface area contributed by atoms with E-state index in [1.54, 1.807) is 0 Å². The smallest absolute Gasteiger partial charge is 0.0710 e. The van der Waals surface area contributed by atoms with Crippen molar-refractivity contribution >= 4 is 0 Å². The third kappa shape index (κ3) is 7.33. The van der Waals surface area contributed by atoms with Gasteiger partial charge in [-0.05, 0) is 109 Å². The molecular weight excluding hydrogens is 382 g/mol. The standard InChI is InChI=1S/C26H47N5/c1-2-3-6-21-7-9-22(10-8-21)27-28-23-11-13-24(14-12-23)29-30-25-15-17-26(18-16-25)31-19-4-5-20-31/h21-26H,2-20H2,1H3. The largest absolute Gasteiger partial charge is 0.300 e. The average Bonchev–Trinajstić information content (AvgIpc) is 3.37. The predicted octanol–water partition coefficient (Wildman–Crippen LogP) is 7.36. The van der Waals surface area contributed by atoms with Gasteiger partial charge < -0.3 is 4.90 Å². The molecule has 176 valence electrons. The van der Waals surface area contributed by atoms with Crippen molar-refractivity contribution in [3.63, 3.8) is 0 Å². The molecule has 0 N–H and O–H groups in total. The highest BCUT2D eigenvalue weighted by Crippen LogP contribution is 2.32. The third-order valence-corrected chi connectivity index (χ3v) is 8.56. The van der Waals surface area contributed by atoms with Crippen LogP contribution in [0.15, 0.2) is 20.5 Å². The first-order valence-corrected chi connectivity index (χ1v) is 13.8. The summed E-state index contributed by atoms with van der Waals surface area (Å²) in [6.07, 6.45) is 22.0. The average molecular weight is 430 g/mol. The SMILES string of the molecule is CCCCC1CCC(N=NC2CCC(N=NC3CCC(N4CCCC4)CC3)CC2)CC1. The van der Waals surface area contributed by atoms with Gasteiger partial charge in [-0.2, -0.15) is 20.5 Å². The van der Waals surface area contributed by atoms with Crippen molar-refractivity contribution in [2.75, 3.05) is 13.1 Å². The number of hydrogen-bond donors (Lipinski definition) is 0. The molecule has 0 aromatic rings. The molecule has 4 fully saturated rings. The molecule has 4 rings (SSSR count). The molecule has 5 nitrogen and oxygen atoms in total. The summed E-state index contributed by atoms with van der Waals surface area (Å²) < 4.78 is 0. The summed E-state index contributed by atoms with van der Waals surface area (Å²) in [7, 11) is 0. The zero-order valence-electron chi connectivity index (χ0n) is 20.1. The van der Waals surface area contributed by atoms with Crippen LogP contribution in [0.5, 0.6) is 0 Å². The van der Waals surface area contributed by atoms with Crippen LogP contribution in [0.25, 0.3) is 0 Å². The van der Waals surface area contributed by atoms with Gasteiger partial charge in [0.25, 0.3) is 0 Å². The van der Waals surface area contributed by atoms with E-state index in [0.29, 0.717) is 24.2 Å². The summed E-state index contributed by atoms with van der Waals surface area (Å²) in [5.74, 6) is 0.961. The Labute approximate surface area is 190 Å². The van der Waals surface area contributed by atoms with Crippen molar-refractivity contribution in [3.8, 4) is 0 Å². The molecule has 0 spiro atoms. The Hall–Kier alpha value is -0.840. The first kappa shape index (κ1) is 23.3. The summed E-state index contributed by atoms with van der Waals surface area (Å²) in [4.78, 5) is 2.72. The fourth-order valence-corrected chi connectivity index (χ4v) is 6.35. The molecule has 31 heavy (non-hydrogen) atoms. The van der Waals surface area contributed by atoms with E-state index < -0.39 is 0 Å². The van der Waals surface area contributed by atoms with E-state index in [0.717, 1.165) is 37.6 Å². The van der Waals surface area contributed by atoms with E-state index >= 15 is 0 Å². The highest BCUT2D eigenvalue weighted by molar-refractivity contribution is 4.85. The number of rotatable bonds is 8. The van der Waals surface area contributed by atoms with Crippen molar-refractivity contribution in [3.05, 3.63) is 0 Å². The molecule has 0 radical (unpaired) electrons. The maximum Gasteiger partial charge on any atom is 0.0710 e. The minimum Gasteiger partial charge on any atom is -0.300 e. The Balaban J connectivity index is 1.09. The highest BCUT2D eigenvalue weighted by Gasteiger charge is 2.28. The highest BCUT2D eigenvalue weighted by atomic mass is 15.2. The summed E-state index contributed by atoms with van der Waals surface area (Å²) in [5, 5.41) is 19.1. The van der Waals surface area contributed by atoms with E-state index in [1.165, 1.54) is 96.6 Å². The van der Waals surface area contributed by atoms with Crippen molar-refractivity contribution in [2.45, 2.75) is 146 Å². The van der Waals surface area contributed by atoms with Crippen molar-refractivity contribution in [1.29, 1.82) is 0 Å². The van der Waals surface area contributed by atoms with Gasteiger partial charge in [0.1, 0.15) is 0 Å². The topological polar surface area (TPSA) is 52.7 Å². The monoisotopic (exact) mass is 429 g/mol. The van der Waals surface area contributed by atoms with Crippen LogP contribution in [0.1, 0.15) is 116 Å². The van der Waals surface area contributed by atoms with Crippen LogP contribution in [0.2, 0.25) is 0 Å². The van der Waals surface area contributed by atoms with Gasteiger partial charge in [0.2, 0.25) is 0 Å². The lowest BCUT2D eigenvalue weighted by atomic mass is 9.83. The fraction of sp³-hybridized carbons (Fsp3) is 1.00. The first-order chi connectivity index (χ1) is 15.3. The molecule has 0 unspecified atom stereocenters. The Bertz CT molecular complexity index is 546. The molecule has 3 saturated carbocycles. The van der Waals surface area contributed by atoms with E-state index in [2.05, 4.69) is 11.8 Å². The molecule has 0 aromatic heterocycles. The Morgan fingerprint density at radius 2 is 1.00 bits per heavy atom. The van der Waals surface area contributed by atoms with Crippen LogP contribution in [0.4, 0.5) is 0 Å². The summed E-state index contributed by atoms with van der Waals surface area (Å²) in [5.41, 5.74) is 0. The Kier molecular flexibility index (Phi) is 9.34. The molecule has 4 aliphatic rings. The van der Waals surface area contributed by atoms with E-state index in [4.69, 9.17) is 20.5 Å². The molecule has 5 heteroatoms. The number of unbranched alkanes of at least 4 members (excludes halogenated alkanes) is 1. The van der Waals surface area contributed by atoms with Gasteiger partial charge in [0.05, 0.1) is 24.2 Å². The quantitative estimate of drug-likeness (QED) is 0.372. The third-order valence-electron chi connectivity index (χ3n) is 8.56. The minimum absolute atomic E-state index is 0.441. The lowest BCUT2D eigenvalue weighted by molar-refractivity contribution is 0.181. The van der Waals surface area contributed by atoms with Crippen LogP contribution in [-0.4, -0.2) is 48.2 Å². The molecule has 3 aliphatic carbocycles. The van der Waals surface area contributed by atoms with Crippen LogP contribution in [0.3, 0.4) is 0 Å². The summed E-state index contributed by atoms with van der Waals surface area (Å²) >= 11 is 0. The van der Waals surface area contributed by atoms with Gasteiger partial charge in [-0.25, -0.2) is 0 Å². The molecule has 1 saturated heterocycles. The number of likely N-dealkylation sites (tertiary alicyclic amines) is 1. The van der Waals surface area contributed by atoms with E-state index in [-0.39, 0.29) is 0 Å². The molecule has 0 amide bonds. The molecular formula is C26H47N5. The maximum absolute atomic E-state index is 4.79. The van der Waals surface area contributed by atoms with Crippen molar-refractivity contribution in [1.82, 2.24) is 4.90 Å². The van der Waals surface area contributed by atoms with Crippen molar-refractivity contribution in [2.24, 2.45) is 26.4 Å². The van der Waals surface area contributed by atoms with Gasteiger partial charge in [0, 0.05) is 6.04 Å². The van der Waals surface area contributed by atoms with Crippen LogP contribution in [0, 0.1) is 5.92 Å². The predicted molar refractivity (Wildman–Crippen MR) is 128 cm³/mol. The van der Waals surface area contributed by atoms with Crippen LogP contribution in [-0.2, 0) is 0 Å². The number of azo groups is 2. The van der Waals surface area contributed by atoms with Crippen LogP contribution >= 0.6 is 0 Å². The second-order valence-corrected chi connectivity index (χ2v) is 10.9. The zero-order valence-corrected chi connectivity index (χ0v) is 20.1. The first-order valence-electron chi connectivity index (χ1n) is 13.8. The molecule has 0 aromatic carbocycles. The van der Waals surface area contributed by atoms with E-state index in [1.807, 2.05) is 0 Å². The second-order valence-electron chi connectivity index (χ2n) is 10.9. The van der Waals surface area contributed by atoms with Gasteiger partial charge in [-0.15, -0.1) is 0 Å². The molecule has 1 aliphatic heterocycles. The Morgan fingerprint density at radius 1 is 0.581 bits per heavy atom. The fourth-order valence-electron chi connectivity index (χ4n) is 6.35. The Morgan fingerprint density at radius 3 is 1.45 bits per heavy atom.